The molecule has 72 valence electrons. The summed E-state index contributed by atoms with van der Waals surface area (Å²) in [7, 11) is 1.29. The lowest BCUT2D eigenvalue weighted by Gasteiger charge is -1.92. The van der Waals surface area contributed by atoms with Crippen LogP contribution in [0.25, 0.3) is 0 Å². The second-order valence-electron chi connectivity index (χ2n) is 1.81. The minimum atomic E-state index is -0.583. The zero-order valence-corrected chi connectivity index (χ0v) is 8.27. The van der Waals surface area contributed by atoms with Crippen LogP contribution in [0.15, 0.2) is 0 Å². The Labute approximate surface area is 81.0 Å². The van der Waals surface area contributed by atoms with E-state index in [4.69, 9.17) is 0 Å². The molecule has 0 saturated carbocycles. The predicted octanol–water partition coefficient (Wildman–Crippen LogP) is 0.417. The van der Waals surface area contributed by atoms with Crippen molar-refractivity contribution >= 4 is 23.7 Å². The molecule has 0 radical (unpaired) electrons. The second kappa shape index (κ2) is 7.50. The largest absolute Gasteiger partial charge is 0.468 e. The number of esters is 2. The summed E-state index contributed by atoms with van der Waals surface area (Å²) in [6, 6.07) is 0. The molecule has 0 N–H and O–H groups in total. The van der Waals surface area contributed by atoms with Gasteiger partial charge in [-0.2, -0.15) is 0 Å². The van der Waals surface area contributed by atoms with Gasteiger partial charge in [-0.1, -0.05) is 11.8 Å². The molecule has 4 nitrogen and oxygen atoms in total. The summed E-state index contributed by atoms with van der Waals surface area (Å²) in [5.74, 6) is 1.37. The zero-order valence-electron chi connectivity index (χ0n) is 7.46. The fraction of sp³-hybridized carbons (Fsp3) is 0.500. The van der Waals surface area contributed by atoms with Gasteiger partial charge in [-0.25, -0.2) is 4.79 Å². The highest BCUT2D eigenvalue weighted by Crippen LogP contribution is 1.96. The van der Waals surface area contributed by atoms with Gasteiger partial charge in [0.05, 0.1) is 13.7 Å². The number of hydrogen-bond acceptors (Lipinski definition) is 5. The Morgan fingerprint density at radius 1 is 1.46 bits per heavy atom. The Kier molecular flexibility index (Phi) is 6.83. The zero-order chi connectivity index (χ0) is 10.1. The molecular weight excluding hydrogens is 192 g/mol. The van der Waals surface area contributed by atoms with Gasteiger partial charge in [-0.15, -0.1) is 0 Å². The molecule has 0 aliphatic heterocycles. The Hall–Kier alpha value is -1.15. The van der Waals surface area contributed by atoms with Crippen LogP contribution in [0.3, 0.4) is 0 Å². The van der Waals surface area contributed by atoms with Gasteiger partial charge >= 0.3 is 11.9 Å². The topological polar surface area (TPSA) is 52.6 Å². The number of hydrogen-bond donors (Lipinski definition) is 0. The molecule has 5 heteroatoms. The first-order valence-corrected chi connectivity index (χ1v) is 4.55. The van der Waals surface area contributed by atoms with Crippen LogP contribution in [0.2, 0.25) is 0 Å². The molecule has 0 rings (SSSR count). The van der Waals surface area contributed by atoms with E-state index in [0.717, 1.165) is 11.8 Å². The van der Waals surface area contributed by atoms with Gasteiger partial charge in [0.2, 0.25) is 0 Å². The third kappa shape index (κ3) is 7.22. The summed E-state index contributed by atoms with van der Waals surface area (Å²) in [6.45, 7) is 2.00. The fourth-order valence-corrected chi connectivity index (χ4v) is 0.862. The molecule has 0 fully saturated rings. The standard InChI is InChI=1S/C8H10O4S/c1-3-12-7(9)4-5-13-6-8(10)11-2/h3,6H2,1-2H3. The average molecular weight is 202 g/mol. The molecule has 0 atom stereocenters. The predicted molar refractivity (Wildman–Crippen MR) is 48.9 cm³/mol. The minimum Gasteiger partial charge on any atom is -0.468 e. The third-order valence-corrected chi connectivity index (χ3v) is 1.54. The van der Waals surface area contributed by atoms with E-state index in [1.54, 1.807) is 6.92 Å². The first-order valence-electron chi connectivity index (χ1n) is 3.57. The summed E-state index contributed by atoms with van der Waals surface area (Å²) in [6.07, 6.45) is 0. The average Bonchev–Trinajstić information content (AvgIpc) is 2.12. The highest BCUT2D eigenvalue weighted by molar-refractivity contribution is 8.04. The van der Waals surface area contributed by atoms with Crippen molar-refractivity contribution in [2.75, 3.05) is 19.5 Å². The normalized spacial score (nSPS) is 8.15. The first-order chi connectivity index (χ1) is 6.20. The van der Waals surface area contributed by atoms with Crippen molar-refractivity contribution in [1.82, 2.24) is 0 Å². The molecule has 0 bridgehead atoms. The van der Waals surface area contributed by atoms with E-state index in [1.165, 1.54) is 7.11 Å². The number of carbonyl (C=O) groups excluding carboxylic acids is 2. The third-order valence-electron chi connectivity index (χ3n) is 0.918. The molecule has 0 heterocycles. The van der Waals surface area contributed by atoms with Crippen molar-refractivity contribution in [1.29, 1.82) is 0 Å². The van der Waals surface area contributed by atoms with Gasteiger partial charge in [0.25, 0.3) is 0 Å². The van der Waals surface area contributed by atoms with Crippen molar-refractivity contribution in [3.63, 3.8) is 0 Å². The quantitative estimate of drug-likeness (QED) is 0.490. The van der Waals surface area contributed by atoms with Crippen molar-refractivity contribution in [2.24, 2.45) is 0 Å². The monoisotopic (exact) mass is 202 g/mol. The van der Waals surface area contributed by atoms with E-state index < -0.39 is 5.97 Å². The van der Waals surface area contributed by atoms with Crippen LogP contribution in [0.1, 0.15) is 6.92 Å². The van der Waals surface area contributed by atoms with Crippen molar-refractivity contribution in [3.05, 3.63) is 0 Å². The molecular formula is C8H10O4S. The van der Waals surface area contributed by atoms with Crippen molar-refractivity contribution in [3.8, 4) is 11.2 Å². The van der Waals surface area contributed by atoms with E-state index in [0.29, 0.717) is 6.61 Å². The molecule has 0 aliphatic rings. The van der Waals surface area contributed by atoms with Gasteiger partial charge in [-0.05, 0) is 12.2 Å². The number of methoxy groups -OCH3 is 1. The lowest BCUT2D eigenvalue weighted by atomic mass is 10.7. The smallest absolute Gasteiger partial charge is 0.385 e. The van der Waals surface area contributed by atoms with Crippen LogP contribution in [-0.2, 0) is 19.1 Å². The maximum Gasteiger partial charge on any atom is 0.385 e. The number of thioether (sulfide) groups is 1. The lowest BCUT2D eigenvalue weighted by Crippen LogP contribution is -2.02. The van der Waals surface area contributed by atoms with Crippen LogP contribution in [0.5, 0.6) is 0 Å². The number of carbonyl (C=O) groups is 2. The van der Waals surface area contributed by atoms with E-state index in [2.05, 4.69) is 20.6 Å². The molecule has 0 aliphatic carbocycles. The Morgan fingerprint density at radius 3 is 2.69 bits per heavy atom. The molecule has 0 unspecified atom stereocenters. The summed E-state index contributed by atoms with van der Waals surface area (Å²) >= 11 is 1.00. The molecule has 0 amide bonds. The maximum absolute atomic E-state index is 10.6. The molecule has 0 spiro atoms. The SMILES string of the molecule is CCOC(=O)C#CSCC(=O)OC. The van der Waals surface area contributed by atoms with Crippen molar-refractivity contribution < 1.29 is 19.1 Å². The molecule has 0 aromatic heterocycles. The highest BCUT2D eigenvalue weighted by atomic mass is 32.2. The van der Waals surface area contributed by atoms with Crippen LogP contribution < -0.4 is 0 Å². The van der Waals surface area contributed by atoms with Crippen LogP contribution in [-0.4, -0.2) is 31.4 Å². The van der Waals surface area contributed by atoms with E-state index >= 15 is 0 Å². The van der Waals surface area contributed by atoms with Gasteiger partial charge in [-0.3, -0.25) is 4.79 Å². The van der Waals surface area contributed by atoms with Gasteiger partial charge in [0, 0.05) is 5.92 Å². The van der Waals surface area contributed by atoms with E-state index in [-0.39, 0.29) is 11.7 Å². The summed E-state index contributed by atoms with van der Waals surface area (Å²) in [5, 5.41) is 2.43. The van der Waals surface area contributed by atoms with E-state index in [1.807, 2.05) is 0 Å². The number of ether oxygens (including phenoxy) is 2. The summed E-state index contributed by atoms with van der Waals surface area (Å²) < 4.78 is 8.89. The summed E-state index contributed by atoms with van der Waals surface area (Å²) in [5.41, 5.74) is 0. The maximum atomic E-state index is 10.6. The van der Waals surface area contributed by atoms with Crippen LogP contribution >= 0.6 is 11.8 Å². The van der Waals surface area contributed by atoms with Crippen molar-refractivity contribution in [2.45, 2.75) is 6.92 Å². The van der Waals surface area contributed by atoms with Crippen LogP contribution in [0, 0.1) is 11.2 Å². The Morgan fingerprint density at radius 2 is 2.15 bits per heavy atom. The molecule has 0 saturated heterocycles. The lowest BCUT2D eigenvalue weighted by molar-refractivity contribution is -0.137. The minimum absolute atomic E-state index is 0.114. The Balaban J connectivity index is 3.61. The molecule has 0 aromatic rings. The van der Waals surface area contributed by atoms with E-state index in [9.17, 15) is 9.59 Å². The molecule has 0 aromatic carbocycles. The first kappa shape index (κ1) is 11.8. The van der Waals surface area contributed by atoms with Gasteiger partial charge in [0.15, 0.2) is 0 Å². The second-order valence-corrected chi connectivity index (χ2v) is 2.59. The molecule has 13 heavy (non-hydrogen) atoms. The van der Waals surface area contributed by atoms with Gasteiger partial charge < -0.3 is 9.47 Å². The highest BCUT2D eigenvalue weighted by Gasteiger charge is 1.97. The van der Waals surface area contributed by atoms with Gasteiger partial charge in [0.1, 0.15) is 5.75 Å². The summed E-state index contributed by atoms with van der Waals surface area (Å²) in [4.78, 5) is 21.2. The fourth-order valence-electron chi connectivity index (χ4n) is 0.399. The van der Waals surface area contributed by atoms with Crippen LogP contribution in [0.4, 0.5) is 0 Å². The Bertz CT molecular complexity index is 238. The number of rotatable bonds is 3.